The molecule has 94 valence electrons. The minimum absolute atomic E-state index is 0.102. The Morgan fingerprint density at radius 1 is 1.65 bits per heavy atom. The highest BCUT2D eigenvalue weighted by Crippen LogP contribution is 2.25. The van der Waals surface area contributed by atoms with Gasteiger partial charge >= 0.3 is 0 Å². The molecule has 3 N–H and O–H groups in total. The van der Waals surface area contributed by atoms with Crippen molar-refractivity contribution in [2.24, 2.45) is 12.8 Å². The van der Waals surface area contributed by atoms with E-state index >= 15 is 0 Å². The van der Waals surface area contributed by atoms with Gasteiger partial charge in [0.2, 0.25) is 10.0 Å². The molecule has 0 radical (unpaired) electrons. The van der Waals surface area contributed by atoms with Crippen LogP contribution in [0.2, 0.25) is 0 Å². The van der Waals surface area contributed by atoms with E-state index in [1.54, 1.807) is 7.05 Å². The number of aromatic nitrogens is 2. The quantitative estimate of drug-likeness (QED) is 0.563. The van der Waals surface area contributed by atoms with Crippen molar-refractivity contribution < 1.29 is 8.42 Å². The monoisotopic (exact) mass is 257 g/mol. The molecule has 1 unspecified atom stereocenters. The fourth-order valence-electron chi connectivity index (χ4n) is 2.01. The average molecular weight is 257 g/mol. The highest BCUT2D eigenvalue weighted by atomic mass is 32.2. The van der Waals surface area contributed by atoms with E-state index in [0.717, 1.165) is 6.42 Å². The molecule has 1 aliphatic rings. The molecule has 17 heavy (non-hydrogen) atoms. The van der Waals surface area contributed by atoms with Gasteiger partial charge < -0.3 is 5.73 Å². The third kappa shape index (κ3) is 2.05. The number of sulfonamides is 1. The summed E-state index contributed by atoms with van der Waals surface area (Å²) in [6.45, 7) is 0.404. The normalized spacial score (nSPS) is 21.8. The number of aryl methyl sites for hydroxylation is 1. The molecule has 1 aliphatic heterocycles. The van der Waals surface area contributed by atoms with Crippen LogP contribution in [0.15, 0.2) is 17.3 Å². The molecular formula is C9H15N5O2S. The number of amidine groups is 1. The molecule has 8 heteroatoms. The van der Waals surface area contributed by atoms with Crippen LogP contribution in [0.1, 0.15) is 12.8 Å². The molecule has 2 heterocycles. The SMILES string of the molecule is Cn1cc(S(=O)(=O)N2CCCC2C(=N)N)cn1. The Kier molecular flexibility index (Phi) is 2.92. The van der Waals surface area contributed by atoms with Crippen molar-refractivity contribution in [1.82, 2.24) is 14.1 Å². The Morgan fingerprint density at radius 3 is 2.88 bits per heavy atom. The first kappa shape index (κ1) is 12.1. The summed E-state index contributed by atoms with van der Waals surface area (Å²) in [7, 11) is -1.92. The van der Waals surface area contributed by atoms with Gasteiger partial charge in [0.05, 0.1) is 12.2 Å². The summed E-state index contributed by atoms with van der Waals surface area (Å²) in [6.07, 6.45) is 4.09. The summed E-state index contributed by atoms with van der Waals surface area (Å²) in [4.78, 5) is 0.146. The predicted molar refractivity (Wildman–Crippen MR) is 62.0 cm³/mol. The Balaban J connectivity index is 2.36. The highest BCUT2D eigenvalue weighted by Gasteiger charge is 2.37. The van der Waals surface area contributed by atoms with Gasteiger partial charge in [0.1, 0.15) is 10.7 Å². The average Bonchev–Trinajstić information content (AvgIpc) is 2.84. The maximum atomic E-state index is 12.3. The Hall–Kier alpha value is -1.41. The van der Waals surface area contributed by atoms with Gasteiger partial charge in [-0.3, -0.25) is 10.1 Å². The number of nitrogens with one attached hydrogen (secondary N) is 1. The lowest BCUT2D eigenvalue weighted by Crippen LogP contribution is -2.43. The van der Waals surface area contributed by atoms with E-state index in [0.29, 0.717) is 13.0 Å². The molecule has 0 aromatic carbocycles. The lowest BCUT2D eigenvalue weighted by molar-refractivity contribution is 0.443. The van der Waals surface area contributed by atoms with Crippen LogP contribution in [0, 0.1) is 5.41 Å². The zero-order valence-electron chi connectivity index (χ0n) is 9.50. The van der Waals surface area contributed by atoms with Crippen LogP contribution in [0.25, 0.3) is 0 Å². The van der Waals surface area contributed by atoms with E-state index in [1.165, 1.54) is 21.4 Å². The first-order valence-corrected chi connectivity index (χ1v) is 6.71. The molecule has 1 atom stereocenters. The largest absolute Gasteiger partial charge is 0.386 e. The van der Waals surface area contributed by atoms with Crippen molar-refractivity contribution in [2.45, 2.75) is 23.8 Å². The summed E-state index contributed by atoms with van der Waals surface area (Å²) in [6, 6.07) is -0.514. The topological polar surface area (TPSA) is 105 Å². The van der Waals surface area contributed by atoms with E-state index in [9.17, 15) is 8.42 Å². The van der Waals surface area contributed by atoms with Gasteiger partial charge in [0.15, 0.2) is 0 Å². The van der Waals surface area contributed by atoms with Gasteiger partial charge in [-0.1, -0.05) is 0 Å². The maximum absolute atomic E-state index is 12.3. The van der Waals surface area contributed by atoms with Crippen LogP contribution in [-0.2, 0) is 17.1 Å². The van der Waals surface area contributed by atoms with Crippen LogP contribution in [-0.4, -0.2) is 40.9 Å². The van der Waals surface area contributed by atoms with Crippen molar-refractivity contribution in [3.63, 3.8) is 0 Å². The third-order valence-electron chi connectivity index (χ3n) is 2.85. The molecule has 7 nitrogen and oxygen atoms in total. The number of rotatable bonds is 3. The van der Waals surface area contributed by atoms with Crippen molar-refractivity contribution in [3.8, 4) is 0 Å². The molecule has 2 rings (SSSR count). The van der Waals surface area contributed by atoms with Crippen LogP contribution >= 0.6 is 0 Å². The van der Waals surface area contributed by atoms with Crippen LogP contribution < -0.4 is 5.73 Å². The third-order valence-corrected chi connectivity index (χ3v) is 4.71. The van der Waals surface area contributed by atoms with Gasteiger partial charge in [0, 0.05) is 19.8 Å². The van der Waals surface area contributed by atoms with E-state index < -0.39 is 16.1 Å². The number of nitrogens with zero attached hydrogens (tertiary/aromatic N) is 3. The van der Waals surface area contributed by atoms with E-state index in [2.05, 4.69) is 5.10 Å². The van der Waals surface area contributed by atoms with E-state index in [1.807, 2.05) is 0 Å². The lowest BCUT2D eigenvalue weighted by Gasteiger charge is -2.21. The van der Waals surface area contributed by atoms with Gasteiger partial charge in [-0.2, -0.15) is 9.40 Å². The van der Waals surface area contributed by atoms with Gasteiger partial charge in [-0.05, 0) is 12.8 Å². The smallest absolute Gasteiger partial charge is 0.246 e. The molecule has 1 aromatic heterocycles. The molecule has 0 bridgehead atoms. The van der Waals surface area contributed by atoms with E-state index in [4.69, 9.17) is 11.1 Å². The Bertz CT molecular complexity index is 535. The second kappa shape index (κ2) is 4.11. The molecule has 0 amide bonds. The number of hydrogen-bond acceptors (Lipinski definition) is 4. The van der Waals surface area contributed by atoms with E-state index in [-0.39, 0.29) is 10.7 Å². The Labute approximate surface area is 99.8 Å². The first-order valence-electron chi connectivity index (χ1n) is 5.27. The summed E-state index contributed by atoms with van der Waals surface area (Å²) in [5.74, 6) is -0.102. The zero-order valence-corrected chi connectivity index (χ0v) is 10.3. The summed E-state index contributed by atoms with van der Waals surface area (Å²) < 4.78 is 27.3. The summed E-state index contributed by atoms with van der Waals surface area (Å²) in [5, 5.41) is 11.3. The van der Waals surface area contributed by atoms with Gasteiger partial charge in [0.25, 0.3) is 0 Å². The first-order chi connectivity index (χ1) is 7.93. The van der Waals surface area contributed by atoms with Crippen LogP contribution in [0.4, 0.5) is 0 Å². The molecule has 1 saturated heterocycles. The van der Waals surface area contributed by atoms with Crippen molar-refractivity contribution in [3.05, 3.63) is 12.4 Å². The lowest BCUT2D eigenvalue weighted by atomic mass is 10.2. The summed E-state index contributed by atoms with van der Waals surface area (Å²) >= 11 is 0. The minimum Gasteiger partial charge on any atom is -0.386 e. The number of hydrogen-bond donors (Lipinski definition) is 2. The molecule has 0 saturated carbocycles. The van der Waals surface area contributed by atoms with Gasteiger partial charge in [-0.15, -0.1) is 0 Å². The molecular weight excluding hydrogens is 242 g/mol. The fourth-order valence-corrected chi connectivity index (χ4v) is 3.67. The van der Waals surface area contributed by atoms with Crippen LogP contribution in [0.3, 0.4) is 0 Å². The highest BCUT2D eigenvalue weighted by molar-refractivity contribution is 7.89. The predicted octanol–water partition coefficient (Wildman–Crippen LogP) is -0.491. The maximum Gasteiger partial charge on any atom is 0.246 e. The molecule has 0 aliphatic carbocycles. The Morgan fingerprint density at radius 2 is 2.35 bits per heavy atom. The number of nitrogens with two attached hydrogens (primary N) is 1. The second-order valence-corrected chi connectivity index (χ2v) is 5.97. The second-order valence-electron chi connectivity index (χ2n) is 4.08. The van der Waals surface area contributed by atoms with Crippen molar-refractivity contribution in [1.29, 1.82) is 5.41 Å². The van der Waals surface area contributed by atoms with Crippen molar-refractivity contribution in [2.75, 3.05) is 6.54 Å². The molecule has 0 spiro atoms. The van der Waals surface area contributed by atoms with Gasteiger partial charge in [-0.25, -0.2) is 8.42 Å². The van der Waals surface area contributed by atoms with Crippen LogP contribution in [0.5, 0.6) is 0 Å². The fraction of sp³-hybridized carbons (Fsp3) is 0.556. The molecule has 1 fully saturated rings. The summed E-state index contributed by atoms with van der Waals surface area (Å²) in [5.41, 5.74) is 5.42. The minimum atomic E-state index is -3.58. The van der Waals surface area contributed by atoms with Crippen molar-refractivity contribution >= 4 is 15.9 Å². The molecule has 1 aromatic rings. The zero-order chi connectivity index (χ0) is 12.6. The standard InChI is InChI=1S/C9H15N5O2S/c1-13-6-7(5-12-13)17(15,16)14-4-2-3-8(14)9(10)11/h5-6,8H,2-4H2,1H3,(H3,10,11).